The van der Waals surface area contributed by atoms with Crippen LogP contribution in [0.2, 0.25) is 0 Å². The van der Waals surface area contributed by atoms with Crippen molar-refractivity contribution in [1.29, 1.82) is 0 Å². The van der Waals surface area contributed by atoms with E-state index in [0.29, 0.717) is 0 Å². The fourth-order valence-corrected chi connectivity index (χ4v) is 0.250. The number of hydrogen-bond donors (Lipinski definition) is 2. The lowest BCUT2D eigenvalue weighted by molar-refractivity contribution is 0.0634. The van der Waals surface area contributed by atoms with Gasteiger partial charge >= 0.3 is 9.05 Å². The number of rotatable bonds is 2. The van der Waals surface area contributed by atoms with E-state index in [9.17, 15) is 0 Å². The van der Waals surface area contributed by atoms with Crippen molar-refractivity contribution in [1.82, 2.24) is 0 Å². The molecule has 0 unspecified atom stereocenters. The van der Waals surface area contributed by atoms with E-state index in [1.807, 2.05) is 0 Å². The zero-order valence-corrected chi connectivity index (χ0v) is 5.21. The predicted octanol–water partition coefficient (Wildman–Crippen LogP) is 0.608. The van der Waals surface area contributed by atoms with E-state index in [-0.39, 0.29) is 22.3 Å². The molecule has 0 aliphatic carbocycles. The average Bonchev–Trinajstić information content (AvgIpc) is 1.68. The molecular weight excluding hydrogens is 152 g/mol. The molecule has 0 amide bonds. The van der Waals surface area contributed by atoms with Gasteiger partial charge in [-0.05, 0) is 0 Å². The maximum atomic E-state index is 8.38. The molecule has 0 aliphatic heterocycles. The molecule has 0 aromatic rings. The molecule has 5 heteroatoms. The lowest BCUT2D eigenvalue weighted by atomic mass is 11.8. The first-order valence-electron chi connectivity index (χ1n) is 1.67. The van der Waals surface area contributed by atoms with Gasteiger partial charge in [0.25, 0.3) is 0 Å². The Morgan fingerprint density at radius 3 is 1.10 bits per heavy atom. The van der Waals surface area contributed by atoms with Crippen molar-refractivity contribution in [2.75, 3.05) is 14.2 Å². The van der Waals surface area contributed by atoms with E-state index in [4.69, 9.17) is 9.59 Å². The largest absolute Gasteiger partial charge is 0.673 e. The molecule has 0 bridgehead atoms. The van der Waals surface area contributed by atoms with Crippen molar-refractivity contribution in [2.45, 2.75) is 22.3 Å². The SMILES string of the molecule is C.C.C.CO[Si](O)(O)OC. The summed E-state index contributed by atoms with van der Waals surface area (Å²) in [5, 5.41) is 0. The molecule has 0 atom stereocenters. The van der Waals surface area contributed by atoms with Crippen molar-refractivity contribution in [2.24, 2.45) is 0 Å². The molecule has 0 fully saturated rings. The summed E-state index contributed by atoms with van der Waals surface area (Å²) in [6.45, 7) is 0. The van der Waals surface area contributed by atoms with E-state index in [0.717, 1.165) is 0 Å². The van der Waals surface area contributed by atoms with Gasteiger partial charge in [0.1, 0.15) is 0 Å². The molecule has 10 heavy (non-hydrogen) atoms. The summed E-state index contributed by atoms with van der Waals surface area (Å²) in [7, 11) is -1.30. The van der Waals surface area contributed by atoms with E-state index in [1.165, 1.54) is 14.2 Å². The molecule has 0 aliphatic rings. The molecule has 0 saturated heterocycles. The Kier molecular flexibility index (Phi) is 20.4. The summed E-state index contributed by atoms with van der Waals surface area (Å²) in [4.78, 5) is 16.8. The molecule has 0 radical (unpaired) electrons. The van der Waals surface area contributed by atoms with Gasteiger partial charge in [-0.25, -0.2) is 0 Å². The van der Waals surface area contributed by atoms with Crippen LogP contribution in [0.3, 0.4) is 0 Å². The fraction of sp³-hybridized carbons (Fsp3) is 1.00. The van der Waals surface area contributed by atoms with Gasteiger partial charge in [-0.3, -0.25) is 0 Å². The Hall–Kier alpha value is 0.0569. The van der Waals surface area contributed by atoms with E-state index < -0.39 is 9.05 Å². The van der Waals surface area contributed by atoms with Gasteiger partial charge in [0, 0.05) is 14.2 Å². The zero-order valence-electron chi connectivity index (χ0n) is 4.21. The van der Waals surface area contributed by atoms with Gasteiger partial charge in [-0.15, -0.1) is 0 Å². The first-order valence-corrected chi connectivity index (χ1v) is 3.38. The van der Waals surface area contributed by atoms with Gasteiger partial charge in [-0.1, -0.05) is 22.3 Å². The topological polar surface area (TPSA) is 58.9 Å². The highest BCUT2D eigenvalue weighted by Crippen LogP contribution is 1.89. The Morgan fingerprint density at radius 2 is 1.10 bits per heavy atom. The van der Waals surface area contributed by atoms with Crippen molar-refractivity contribution in [3.8, 4) is 0 Å². The Labute approximate surface area is 64.9 Å². The smallest absolute Gasteiger partial charge is 0.367 e. The maximum Gasteiger partial charge on any atom is 0.673 e. The van der Waals surface area contributed by atoms with Crippen LogP contribution in [0.15, 0.2) is 0 Å². The van der Waals surface area contributed by atoms with Crippen LogP contribution in [0.25, 0.3) is 0 Å². The summed E-state index contributed by atoms with van der Waals surface area (Å²) >= 11 is 0. The highest BCUT2D eigenvalue weighted by Gasteiger charge is 2.32. The highest BCUT2D eigenvalue weighted by atomic mass is 28.4. The monoisotopic (exact) mass is 172 g/mol. The third kappa shape index (κ3) is 10.9. The van der Waals surface area contributed by atoms with Crippen molar-refractivity contribution >= 4 is 9.05 Å². The van der Waals surface area contributed by atoms with Gasteiger partial charge in [0.15, 0.2) is 0 Å². The van der Waals surface area contributed by atoms with E-state index in [2.05, 4.69) is 8.85 Å². The van der Waals surface area contributed by atoms with Crippen LogP contribution in [0.1, 0.15) is 22.3 Å². The van der Waals surface area contributed by atoms with Crippen LogP contribution in [0.4, 0.5) is 0 Å². The van der Waals surface area contributed by atoms with Crippen LogP contribution in [0, 0.1) is 0 Å². The molecule has 0 spiro atoms. The van der Waals surface area contributed by atoms with Gasteiger partial charge < -0.3 is 18.4 Å². The standard InChI is InChI=1S/C2H8O4Si.3CH4/c1-5-7(3,4)6-2;;;/h3-4H,1-2H3;3*1H4. The van der Waals surface area contributed by atoms with Crippen LogP contribution in [0.5, 0.6) is 0 Å². The zero-order chi connectivity index (χ0) is 5.91. The minimum absolute atomic E-state index is 0. The molecule has 0 heterocycles. The summed E-state index contributed by atoms with van der Waals surface area (Å²) in [5.74, 6) is 0. The normalized spacial score (nSPS) is 8.40. The van der Waals surface area contributed by atoms with Gasteiger partial charge in [0.05, 0.1) is 0 Å². The summed E-state index contributed by atoms with van der Waals surface area (Å²) in [6, 6.07) is 0. The lowest BCUT2D eigenvalue weighted by Crippen LogP contribution is -2.40. The minimum Gasteiger partial charge on any atom is -0.367 e. The quantitative estimate of drug-likeness (QED) is 0.599. The van der Waals surface area contributed by atoms with Crippen LogP contribution in [-0.4, -0.2) is 32.9 Å². The predicted molar refractivity (Wildman–Crippen MR) is 44.4 cm³/mol. The second kappa shape index (κ2) is 9.06. The first kappa shape index (κ1) is 22.5. The molecule has 0 aromatic heterocycles. The van der Waals surface area contributed by atoms with E-state index >= 15 is 0 Å². The van der Waals surface area contributed by atoms with Crippen molar-refractivity contribution < 1.29 is 18.4 Å². The Balaban J connectivity index is -0.0000000600. The molecule has 0 aromatic carbocycles. The van der Waals surface area contributed by atoms with Crippen molar-refractivity contribution in [3.05, 3.63) is 0 Å². The van der Waals surface area contributed by atoms with Crippen molar-refractivity contribution in [3.63, 3.8) is 0 Å². The third-order valence-electron chi connectivity index (χ3n) is 0.532. The average molecular weight is 172 g/mol. The Bertz CT molecular complexity index is 51.6. The van der Waals surface area contributed by atoms with Crippen LogP contribution < -0.4 is 0 Å². The second-order valence-electron chi connectivity index (χ2n) is 0.957. The van der Waals surface area contributed by atoms with Gasteiger partial charge in [0.2, 0.25) is 0 Å². The fourth-order valence-electron chi connectivity index (χ4n) is 0.0833. The van der Waals surface area contributed by atoms with Crippen LogP contribution >= 0.6 is 0 Å². The third-order valence-corrected chi connectivity index (χ3v) is 1.60. The van der Waals surface area contributed by atoms with Crippen LogP contribution in [-0.2, 0) is 8.85 Å². The minimum atomic E-state index is -3.65. The molecule has 0 rings (SSSR count). The molecule has 4 nitrogen and oxygen atoms in total. The first-order chi connectivity index (χ1) is 3.12. The summed E-state index contributed by atoms with van der Waals surface area (Å²) in [6.07, 6.45) is 0. The lowest BCUT2D eigenvalue weighted by Gasteiger charge is -2.08. The molecule has 68 valence electrons. The van der Waals surface area contributed by atoms with E-state index in [1.54, 1.807) is 0 Å². The Morgan fingerprint density at radius 1 is 0.900 bits per heavy atom. The number of hydrogen-bond acceptors (Lipinski definition) is 4. The summed E-state index contributed by atoms with van der Waals surface area (Å²) < 4.78 is 8.23. The maximum absolute atomic E-state index is 8.38. The van der Waals surface area contributed by atoms with Gasteiger partial charge in [-0.2, -0.15) is 0 Å². The molecule has 0 saturated carbocycles. The second-order valence-corrected chi connectivity index (χ2v) is 2.87. The summed E-state index contributed by atoms with van der Waals surface area (Å²) in [5.41, 5.74) is 0. The molecular formula is C5H20O4Si. The highest BCUT2D eigenvalue weighted by molar-refractivity contribution is 6.50. The molecule has 2 N–H and O–H groups in total.